The van der Waals surface area contributed by atoms with E-state index in [1.807, 2.05) is 58.0 Å². The largest absolute Gasteiger partial charge is 0.444 e. The number of hydrogen-bond donors (Lipinski definition) is 3. The Kier molecular flexibility index (Phi) is 6.78. The highest BCUT2D eigenvalue weighted by atomic mass is 16.7. The van der Waals surface area contributed by atoms with Crippen molar-refractivity contribution < 1.29 is 29.2 Å². The number of aliphatic hydroxyl groups is 2. The first-order valence-corrected chi connectivity index (χ1v) is 11.2. The number of benzene rings is 1. The van der Waals surface area contributed by atoms with Crippen LogP contribution in [0.3, 0.4) is 0 Å². The Hall–Kier alpha value is -1.93. The van der Waals surface area contributed by atoms with Crippen LogP contribution in [0.15, 0.2) is 41.5 Å². The third-order valence-corrected chi connectivity index (χ3v) is 5.70. The number of carbonyl (C=O) groups excluding carboxylic acids is 1. The summed E-state index contributed by atoms with van der Waals surface area (Å²) in [6, 6.07) is 8.55. The van der Waals surface area contributed by atoms with E-state index >= 15 is 0 Å². The van der Waals surface area contributed by atoms with Gasteiger partial charge in [-0.2, -0.15) is 0 Å². The Labute approximate surface area is 190 Å². The molecule has 1 aliphatic heterocycles. The molecule has 2 aliphatic rings. The molecular formula is C25H37NO6. The fourth-order valence-corrected chi connectivity index (χ4v) is 3.99. The maximum absolute atomic E-state index is 12.4. The van der Waals surface area contributed by atoms with E-state index in [0.29, 0.717) is 29.9 Å². The first-order valence-electron chi connectivity index (χ1n) is 11.2. The lowest BCUT2D eigenvalue weighted by Crippen LogP contribution is -2.50. The highest BCUT2D eigenvalue weighted by molar-refractivity contribution is 5.69. The van der Waals surface area contributed by atoms with Gasteiger partial charge in [0.05, 0.1) is 19.3 Å². The highest BCUT2D eigenvalue weighted by Crippen LogP contribution is 2.58. The molecule has 1 fully saturated rings. The Morgan fingerprint density at radius 3 is 2.12 bits per heavy atom. The molecule has 3 atom stereocenters. The van der Waals surface area contributed by atoms with Crippen molar-refractivity contribution in [2.24, 2.45) is 11.3 Å². The minimum Gasteiger partial charge on any atom is -0.444 e. The van der Waals surface area contributed by atoms with Gasteiger partial charge in [0.25, 0.3) is 0 Å². The lowest BCUT2D eigenvalue weighted by atomic mass is 9.94. The molecule has 1 amide bonds. The van der Waals surface area contributed by atoms with Crippen LogP contribution in [-0.2, 0) is 14.2 Å². The number of ether oxygens (including phenoxy) is 3. The molecule has 2 unspecified atom stereocenters. The number of nitrogens with one attached hydrogen (secondary N) is 1. The zero-order chi connectivity index (χ0) is 23.9. The van der Waals surface area contributed by atoms with Crippen molar-refractivity contribution in [1.29, 1.82) is 0 Å². The summed E-state index contributed by atoms with van der Waals surface area (Å²) < 4.78 is 17.7. The van der Waals surface area contributed by atoms with Crippen molar-refractivity contribution >= 4 is 6.09 Å². The van der Waals surface area contributed by atoms with Crippen molar-refractivity contribution in [3.8, 4) is 0 Å². The van der Waals surface area contributed by atoms with Crippen molar-refractivity contribution in [2.75, 3.05) is 13.2 Å². The summed E-state index contributed by atoms with van der Waals surface area (Å²) >= 11 is 0. The van der Waals surface area contributed by atoms with Crippen LogP contribution in [0.2, 0.25) is 0 Å². The lowest BCUT2D eigenvalue weighted by molar-refractivity contribution is -0.240. The van der Waals surface area contributed by atoms with Crippen LogP contribution in [-0.4, -0.2) is 53.1 Å². The molecule has 1 heterocycles. The third-order valence-electron chi connectivity index (χ3n) is 5.70. The van der Waals surface area contributed by atoms with Crippen LogP contribution in [0.4, 0.5) is 4.79 Å². The van der Waals surface area contributed by atoms with Gasteiger partial charge in [-0.15, -0.1) is 0 Å². The topological polar surface area (TPSA) is 97.3 Å². The second kappa shape index (κ2) is 8.78. The Bertz CT molecular complexity index is 845. The van der Waals surface area contributed by atoms with E-state index in [0.717, 1.165) is 0 Å². The van der Waals surface area contributed by atoms with Crippen LogP contribution in [0.25, 0.3) is 0 Å². The lowest BCUT2D eigenvalue weighted by Gasteiger charge is -2.38. The zero-order valence-electron chi connectivity index (χ0n) is 20.1. The Balaban J connectivity index is 1.90. The maximum Gasteiger partial charge on any atom is 0.407 e. The van der Waals surface area contributed by atoms with Gasteiger partial charge in [0.15, 0.2) is 0 Å². The summed E-state index contributed by atoms with van der Waals surface area (Å²) in [5.74, 6) is -1.37. The van der Waals surface area contributed by atoms with Crippen molar-refractivity contribution in [1.82, 2.24) is 5.32 Å². The van der Waals surface area contributed by atoms with E-state index in [4.69, 9.17) is 14.2 Å². The molecule has 178 valence electrons. The predicted molar refractivity (Wildman–Crippen MR) is 121 cm³/mol. The molecule has 7 heteroatoms. The van der Waals surface area contributed by atoms with E-state index in [1.165, 1.54) is 0 Å². The second-order valence-corrected chi connectivity index (χ2v) is 10.9. The fraction of sp³-hybridized carbons (Fsp3) is 0.640. The third kappa shape index (κ3) is 5.17. The Morgan fingerprint density at radius 1 is 1.06 bits per heavy atom. The first-order chi connectivity index (χ1) is 14.8. The van der Waals surface area contributed by atoms with Crippen molar-refractivity contribution in [3.63, 3.8) is 0 Å². The van der Waals surface area contributed by atoms with E-state index in [2.05, 4.69) is 5.32 Å². The number of aliphatic hydroxyl groups excluding tert-OH is 2. The molecule has 0 saturated carbocycles. The SMILES string of the molecule is CC(C)[C@H](NC(=O)OC(C)(C)C)C(O)C1=C(C(O)c2ccccc2)C12OCC(C)(C)CO2. The molecule has 0 bridgehead atoms. The first kappa shape index (κ1) is 24.7. The molecular weight excluding hydrogens is 410 g/mol. The quantitative estimate of drug-likeness (QED) is 0.575. The molecule has 1 saturated heterocycles. The summed E-state index contributed by atoms with van der Waals surface area (Å²) in [5.41, 5.74) is 0.815. The van der Waals surface area contributed by atoms with Crippen LogP contribution < -0.4 is 5.32 Å². The number of hydrogen-bond acceptors (Lipinski definition) is 6. The van der Waals surface area contributed by atoms with E-state index < -0.39 is 35.7 Å². The number of alkyl carbamates (subject to hydrolysis) is 1. The Morgan fingerprint density at radius 2 is 1.62 bits per heavy atom. The molecule has 1 aromatic rings. The summed E-state index contributed by atoms with van der Waals surface area (Å²) in [4.78, 5) is 12.4. The van der Waals surface area contributed by atoms with E-state index in [1.54, 1.807) is 20.8 Å². The van der Waals surface area contributed by atoms with Crippen molar-refractivity contribution in [2.45, 2.75) is 78.1 Å². The summed E-state index contributed by atoms with van der Waals surface area (Å²) in [5, 5.41) is 25.3. The van der Waals surface area contributed by atoms with E-state index in [9.17, 15) is 15.0 Å². The zero-order valence-corrected chi connectivity index (χ0v) is 20.1. The second-order valence-electron chi connectivity index (χ2n) is 10.9. The number of rotatable bonds is 6. The fourth-order valence-electron chi connectivity index (χ4n) is 3.99. The average Bonchev–Trinajstić information content (AvgIpc) is 3.35. The van der Waals surface area contributed by atoms with Gasteiger partial charge < -0.3 is 29.7 Å². The van der Waals surface area contributed by atoms with Gasteiger partial charge in [-0.3, -0.25) is 0 Å². The smallest absolute Gasteiger partial charge is 0.407 e. The maximum atomic E-state index is 12.4. The molecule has 0 radical (unpaired) electrons. The van der Waals surface area contributed by atoms with Gasteiger partial charge in [0, 0.05) is 16.6 Å². The molecule has 1 spiro atoms. The molecule has 32 heavy (non-hydrogen) atoms. The van der Waals surface area contributed by atoms with Crippen LogP contribution >= 0.6 is 0 Å². The summed E-state index contributed by atoms with van der Waals surface area (Å²) in [7, 11) is 0. The van der Waals surface area contributed by atoms with Gasteiger partial charge in [-0.25, -0.2) is 4.79 Å². The van der Waals surface area contributed by atoms with Crippen LogP contribution in [0.1, 0.15) is 60.1 Å². The summed E-state index contributed by atoms with van der Waals surface area (Å²) in [6.07, 6.45) is -2.71. The van der Waals surface area contributed by atoms with E-state index in [-0.39, 0.29) is 11.3 Å². The standard InChI is InChI=1S/C25H37NO6/c1-15(2)19(26-22(29)32-23(3,4)5)21(28)18-17(20(27)16-11-9-8-10-12-16)25(18)30-13-24(6,7)14-31-25/h8-12,15,19-21,27-28H,13-14H2,1-7H3,(H,26,29)/t19-,20?,21?/m0/s1. The predicted octanol–water partition coefficient (Wildman–Crippen LogP) is 3.71. The molecule has 0 aromatic heterocycles. The van der Waals surface area contributed by atoms with Crippen LogP contribution in [0, 0.1) is 11.3 Å². The van der Waals surface area contributed by atoms with Gasteiger partial charge >= 0.3 is 6.09 Å². The minimum atomic E-state index is -1.26. The molecule has 3 N–H and O–H groups in total. The average molecular weight is 448 g/mol. The molecule has 7 nitrogen and oxygen atoms in total. The van der Waals surface area contributed by atoms with Gasteiger partial charge in [-0.1, -0.05) is 58.0 Å². The van der Waals surface area contributed by atoms with Gasteiger partial charge in [-0.05, 0) is 32.3 Å². The number of amides is 1. The monoisotopic (exact) mass is 447 g/mol. The normalized spacial score (nSPS) is 22.4. The molecule has 1 aromatic carbocycles. The minimum absolute atomic E-state index is 0.113. The van der Waals surface area contributed by atoms with Crippen LogP contribution in [0.5, 0.6) is 0 Å². The highest BCUT2D eigenvalue weighted by Gasteiger charge is 2.65. The summed E-state index contributed by atoms with van der Waals surface area (Å²) in [6.45, 7) is 14.1. The molecule has 1 aliphatic carbocycles. The van der Waals surface area contributed by atoms with Gasteiger partial charge in [0.1, 0.15) is 17.8 Å². The van der Waals surface area contributed by atoms with Gasteiger partial charge in [0.2, 0.25) is 5.79 Å². The van der Waals surface area contributed by atoms with Crippen molar-refractivity contribution in [3.05, 3.63) is 47.0 Å². The molecule has 3 rings (SSSR count). The number of carbonyl (C=O) groups is 1.